The molecule has 0 spiro atoms. The number of nitrogens with zero attached hydrogens (tertiary/aromatic N) is 2. The molecule has 3 N–H and O–H groups in total. The van der Waals surface area contributed by atoms with E-state index in [1.807, 2.05) is 42.1 Å². The van der Waals surface area contributed by atoms with Gasteiger partial charge in [0.15, 0.2) is 0 Å². The Bertz CT molecular complexity index is 606. The average molecular weight is 365 g/mol. The van der Waals surface area contributed by atoms with Gasteiger partial charge in [0.1, 0.15) is 5.82 Å². The van der Waals surface area contributed by atoms with E-state index in [1.54, 1.807) is 11.8 Å². The largest absolute Gasteiger partial charge is 0.348 e. The molecule has 0 unspecified atom stereocenters. The summed E-state index contributed by atoms with van der Waals surface area (Å²) in [5.41, 5.74) is 7.82. The molecule has 2 aromatic rings. The van der Waals surface area contributed by atoms with E-state index in [9.17, 15) is 4.79 Å². The van der Waals surface area contributed by atoms with Crippen LogP contribution in [0.15, 0.2) is 24.3 Å². The number of aromatic nitrogens is 2. The first-order valence-corrected chi connectivity index (χ1v) is 7.95. The van der Waals surface area contributed by atoms with Crippen molar-refractivity contribution in [3.8, 4) is 0 Å². The molecule has 0 fully saturated rings. The topological polar surface area (TPSA) is 72.9 Å². The van der Waals surface area contributed by atoms with E-state index in [0.29, 0.717) is 13.0 Å². The minimum atomic E-state index is -0.447. The molecule has 0 saturated carbocycles. The molecule has 0 saturated heterocycles. The Balaban J connectivity index is 0.00000220. The number of hydrogen-bond donors (Lipinski definition) is 2. The monoisotopic (exact) mass is 364 g/mol. The lowest BCUT2D eigenvalue weighted by molar-refractivity contribution is -0.122. The van der Waals surface area contributed by atoms with Crippen LogP contribution >= 0.6 is 36.6 Å². The lowest BCUT2D eigenvalue weighted by Gasteiger charge is -2.11. The Morgan fingerprint density at radius 2 is 2.09 bits per heavy atom. The maximum atomic E-state index is 11.9. The summed E-state index contributed by atoms with van der Waals surface area (Å²) in [7, 11) is 1.95. The van der Waals surface area contributed by atoms with Gasteiger partial charge >= 0.3 is 0 Å². The van der Waals surface area contributed by atoms with E-state index < -0.39 is 6.04 Å². The van der Waals surface area contributed by atoms with Crippen molar-refractivity contribution in [3.63, 3.8) is 0 Å². The third kappa shape index (κ3) is 5.05. The van der Waals surface area contributed by atoms with Gasteiger partial charge in [0.2, 0.25) is 5.91 Å². The zero-order valence-corrected chi connectivity index (χ0v) is 15.1. The number of nitrogens with two attached hydrogens (primary N) is 1. The molecule has 1 aromatic carbocycles. The van der Waals surface area contributed by atoms with Gasteiger partial charge < -0.3 is 15.6 Å². The summed E-state index contributed by atoms with van der Waals surface area (Å²) in [5.74, 6) is 1.60. The number of aryl methyl sites for hydroxylation is 1. The number of nitrogens with one attached hydrogen (secondary N) is 1. The molecule has 124 valence electrons. The van der Waals surface area contributed by atoms with Crippen LogP contribution in [0.25, 0.3) is 11.0 Å². The molecule has 0 aliphatic rings. The van der Waals surface area contributed by atoms with Crippen molar-refractivity contribution in [2.24, 2.45) is 12.8 Å². The highest BCUT2D eigenvalue weighted by Crippen LogP contribution is 2.13. The molecule has 8 heteroatoms. The molecule has 1 amide bonds. The van der Waals surface area contributed by atoms with Gasteiger partial charge in [-0.3, -0.25) is 4.79 Å². The fourth-order valence-corrected chi connectivity index (χ4v) is 2.52. The van der Waals surface area contributed by atoms with Crippen LogP contribution in [0.5, 0.6) is 0 Å². The van der Waals surface area contributed by atoms with Crippen LogP contribution in [0.2, 0.25) is 0 Å². The number of benzene rings is 1. The normalized spacial score (nSPS) is 11.4. The summed E-state index contributed by atoms with van der Waals surface area (Å²) in [6.07, 6.45) is 2.69. The maximum Gasteiger partial charge on any atom is 0.237 e. The highest BCUT2D eigenvalue weighted by molar-refractivity contribution is 7.98. The molecule has 1 atom stereocenters. The third-order valence-corrected chi connectivity index (χ3v) is 3.91. The number of imidazole rings is 1. The summed E-state index contributed by atoms with van der Waals surface area (Å²) in [4.78, 5) is 16.4. The number of halogens is 2. The number of carbonyl (C=O) groups is 1. The highest BCUT2D eigenvalue weighted by Gasteiger charge is 2.14. The van der Waals surface area contributed by atoms with Crippen molar-refractivity contribution in [1.82, 2.24) is 14.9 Å². The van der Waals surface area contributed by atoms with Gasteiger partial charge in [-0.1, -0.05) is 12.1 Å². The summed E-state index contributed by atoms with van der Waals surface area (Å²) >= 11 is 1.69. The van der Waals surface area contributed by atoms with Crippen molar-refractivity contribution in [3.05, 3.63) is 30.1 Å². The number of thioether (sulfide) groups is 1. The first kappa shape index (κ1) is 21.0. The average Bonchev–Trinajstić information content (AvgIpc) is 2.79. The second-order valence-corrected chi connectivity index (χ2v) is 5.67. The van der Waals surface area contributed by atoms with E-state index in [2.05, 4.69) is 10.3 Å². The molecular formula is C14H22Cl2N4OS. The molecule has 1 aromatic heterocycles. The van der Waals surface area contributed by atoms with Crippen molar-refractivity contribution in [2.45, 2.75) is 19.0 Å². The highest BCUT2D eigenvalue weighted by atomic mass is 35.5. The van der Waals surface area contributed by atoms with Gasteiger partial charge in [0.25, 0.3) is 0 Å². The molecule has 0 radical (unpaired) electrons. The maximum absolute atomic E-state index is 11.9. The second-order valence-electron chi connectivity index (χ2n) is 4.68. The Kier molecular flexibility index (Phi) is 9.51. The first-order valence-electron chi connectivity index (χ1n) is 6.56. The van der Waals surface area contributed by atoms with Crippen molar-refractivity contribution in [2.75, 3.05) is 12.0 Å². The summed E-state index contributed by atoms with van der Waals surface area (Å²) in [5, 5.41) is 2.85. The molecular weight excluding hydrogens is 343 g/mol. The summed E-state index contributed by atoms with van der Waals surface area (Å²) in [6.45, 7) is 0.400. The van der Waals surface area contributed by atoms with Crippen molar-refractivity contribution >= 4 is 53.5 Å². The molecule has 0 bridgehead atoms. The van der Waals surface area contributed by atoms with E-state index >= 15 is 0 Å². The SMILES string of the molecule is CSCC[C@H](N)C(=O)NCc1nc2ccccc2n1C.Cl.Cl. The van der Waals surface area contributed by atoms with Gasteiger partial charge in [-0.25, -0.2) is 4.98 Å². The minimum absolute atomic E-state index is 0. The Labute approximate surface area is 147 Å². The third-order valence-electron chi connectivity index (χ3n) is 3.27. The van der Waals surface area contributed by atoms with Crippen LogP contribution in [-0.4, -0.2) is 33.5 Å². The van der Waals surface area contributed by atoms with Crippen molar-refractivity contribution < 1.29 is 4.79 Å². The molecule has 0 aliphatic carbocycles. The van der Waals surface area contributed by atoms with Crippen LogP contribution in [0, 0.1) is 0 Å². The first-order chi connectivity index (χ1) is 9.63. The number of carbonyl (C=O) groups excluding carboxylic acids is 1. The quantitative estimate of drug-likeness (QED) is 0.823. The van der Waals surface area contributed by atoms with E-state index in [0.717, 1.165) is 22.6 Å². The lowest BCUT2D eigenvalue weighted by Crippen LogP contribution is -2.40. The van der Waals surface area contributed by atoms with Gasteiger partial charge in [-0.2, -0.15) is 11.8 Å². The standard InChI is InChI=1S/C14H20N4OS.2ClH/c1-18-12-6-4-3-5-11(12)17-13(18)9-16-14(19)10(15)7-8-20-2;;/h3-6,10H,7-9,15H2,1-2H3,(H,16,19);2*1H/t10-;;/m0../s1. The number of amides is 1. The summed E-state index contributed by atoms with van der Waals surface area (Å²) in [6, 6.07) is 7.46. The van der Waals surface area contributed by atoms with E-state index in [4.69, 9.17) is 5.73 Å². The fraction of sp³-hybridized carbons (Fsp3) is 0.429. The Morgan fingerprint density at radius 1 is 1.41 bits per heavy atom. The predicted octanol–water partition coefficient (Wildman–Crippen LogP) is 2.11. The molecule has 0 aliphatic heterocycles. The fourth-order valence-electron chi connectivity index (χ4n) is 2.03. The van der Waals surface area contributed by atoms with E-state index in [1.165, 1.54) is 0 Å². The zero-order valence-electron chi connectivity index (χ0n) is 12.6. The number of hydrogen-bond acceptors (Lipinski definition) is 4. The Hall–Kier alpha value is -0.950. The zero-order chi connectivity index (χ0) is 14.5. The van der Waals surface area contributed by atoms with Crippen LogP contribution in [0.3, 0.4) is 0 Å². The number of para-hydroxylation sites is 2. The van der Waals surface area contributed by atoms with Gasteiger partial charge in [0.05, 0.1) is 23.6 Å². The van der Waals surface area contributed by atoms with Crippen LogP contribution < -0.4 is 11.1 Å². The summed E-state index contributed by atoms with van der Waals surface area (Å²) < 4.78 is 1.99. The van der Waals surface area contributed by atoms with Crippen LogP contribution in [-0.2, 0) is 18.4 Å². The van der Waals surface area contributed by atoms with Crippen LogP contribution in [0.4, 0.5) is 0 Å². The number of fused-ring (bicyclic) bond motifs is 1. The van der Waals surface area contributed by atoms with Crippen LogP contribution in [0.1, 0.15) is 12.2 Å². The number of rotatable bonds is 6. The Morgan fingerprint density at radius 3 is 2.73 bits per heavy atom. The van der Waals surface area contributed by atoms with Gasteiger partial charge in [-0.05, 0) is 30.6 Å². The lowest BCUT2D eigenvalue weighted by atomic mass is 10.2. The predicted molar refractivity (Wildman–Crippen MR) is 98.0 cm³/mol. The smallest absolute Gasteiger partial charge is 0.237 e. The second kappa shape index (κ2) is 9.94. The van der Waals surface area contributed by atoms with Gasteiger partial charge in [0, 0.05) is 7.05 Å². The molecule has 22 heavy (non-hydrogen) atoms. The van der Waals surface area contributed by atoms with E-state index in [-0.39, 0.29) is 30.7 Å². The molecule has 2 rings (SSSR count). The van der Waals surface area contributed by atoms with Gasteiger partial charge in [-0.15, -0.1) is 24.8 Å². The van der Waals surface area contributed by atoms with Crippen molar-refractivity contribution in [1.29, 1.82) is 0 Å². The molecule has 1 heterocycles. The minimum Gasteiger partial charge on any atom is -0.348 e. The molecule has 5 nitrogen and oxygen atoms in total.